The lowest BCUT2D eigenvalue weighted by molar-refractivity contribution is 0.645. The molecule has 0 aliphatic carbocycles. The Balaban J connectivity index is 2.12. The molecule has 0 amide bonds. The summed E-state index contributed by atoms with van der Waals surface area (Å²) in [6, 6.07) is 6.75. The molecule has 6 heteroatoms. The maximum atomic E-state index is 11.6. The monoisotopic (exact) mass is 306 g/mol. The molecule has 1 atom stereocenters. The molecule has 0 radical (unpaired) electrons. The Kier molecular flexibility index (Phi) is 5.25. The lowest BCUT2D eigenvalue weighted by Crippen LogP contribution is -2.20. The van der Waals surface area contributed by atoms with E-state index in [1.807, 2.05) is 14.0 Å². The molecule has 1 aromatic heterocycles. The van der Waals surface area contributed by atoms with Crippen LogP contribution in [0.1, 0.15) is 29.7 Å². The highest BCUT2D eigenvalue weighted by Gasteiger charge is 2.14. The van der Waals surface area contributed by atoms with Gasteiger partial charge in [-0.15, -0.1) is 5.10 Å². The number of aromatic nitrogens is 3. The Bertz CT molecular complexity index is 662. The molecule has 2 N–H and O–H groups in total. The van der Waals surface area contributed by atoms with Gasteiger partial charge >= 0.3 is 5.69 Å². The van der Waals surface area contributed by atoms with Crippen molar-refractivity contribution in [2.75, 3.05) is 12.8 Å². The minimum Gasteiger partial charge on any atom is -0.312 e. The first-order valence-corrected chi connectivity index (χ1v) is 8.07. The van der Waals surface area contributed by atoms with Crippen molar-refractivity contribution in [1.82, 2.24) is 20.1 Å². The van der Waals surface area contributed by atoms with E-state index in [4.69, 9.17) is 0 Å². The molecule has 2 aromatic rings. The summed E-state index contributed by atoms with van der Waals surface area (Å²) in [6.45, 7) is 6.82. The number of benzene rings is 1. The topological polar surface area (TPSA) is 62.7 Å². The summed E-state index contributed by atoms with van der Waals surface area (Å²) in [4.78, 5) is 11.6. The fourth-order valence-corrected chi connectivity index (χ4v) is 3.33. The highest BCUT2D eigenvalue weighted by Crippen LogP contribution is 2.24. The quantitative estimate of drug-likeness (QED) is 0.804. The van der Waals surface area contributed by atoms with Gasteiger partial charge in [-0.05, 0) is 44.5 Å². The molecule has 0 bridgehead atoms. The number of hydrogen-bond donors (Lipinski definition) is 2. The van der Waals surface area contributed by atoms with E-state index in [1.54, 1.807) is 16.3 Å². The van der Waals surface area contributed by atoms with E-state index in [-0.39, 0.29) is 11.7 Å². The molecule has 0 spiro atoms. The Hall–Kier alpha value is -1.53. The summed E-state index contributed by atoms with van der Waals surface area (Å²) in [5.41, 5.74) is 3.71. The van der Waals surface area contributed by atoms with E-state index in [1.165, 1.54) is 16.7 Å². The van der Waals surface area contributed by atoms with Crippen molar-refractivity contribution >= 4 is 11.8 Å². The van der Waals surface area contributed by atoms with Crippen LogP contribution in [0.15, 0.2) is 28.2 Å². The third-order valence-electron chi connectivity index (χ3n) is 3.70. The number of thioether (sulfide) groups is 1. The highest BCUT2D eigenvalue weighted by atomic mass is 32.2. The van der Waals surface area contributed by atoms with E-state index < -0.39 is 0 Å². The fraction of sp³-hybridized carbons (Fsp3) is 0.467. The van der Waals surface area contributed by atoms with Gasteiger partial charge in [0.1, 0.15) is 0 Å². The van der Waals surface area contributed by atoms with Gasteiger partial charge in [-0.25, -0.2) is 9.89 Å². The molecular weight excluding hydrogens is 284 g/mol. The molecule has 0 saturated carbocycles. The van der Waals surface area contributed by atoms with Gasteiger partial charge in [0.25, 0.3) is 0 Å². The minimum absolute atomic E-state index is 0.146. The fourth-order valence-electron chi connectivity index (χ4n) is 2.18. The van der Waals surface area contributed by atoms with E-state index >= 15 is 0 Å². The minimum atomic E-state index is -0.146. The van der Waals surface area contributed by atoms with Crippen LogP contribution < -0.4 is 11.0 Å². The smallest absolute Gasteiger partial charge is 0.312 e. The van der Waals surface area contributed by atoms with Crippen LogP contribution in [-0.2, 0) is 6.54 Å². The average Bonchev–Trinajstić information content (AvgIpc) is 2.83. The Labute approximate surface area is 129 Å². The number of aryl methyl sites for hydroxylation is 2. The van der Waals surface area contributed by atoms with E-state index in [9.17, 15) is 4.79 Å². The number of hydrogen-bond acceptors (Lipinski definition) is 4. The van der Waals surface area contributed by atoms with Crippen LogP contribution in [0.3, 0.4) is 0 Å². The van der Waals surface area contributed by atoms with E-state index in [0.717, 1.165) is 10.9 Å². The molecule has 0 fully saturated rings. The van der Waals surface area contributed by atoms with Crippen molar-refractivity contribution < 1.29 is 0 Å². The molecule has 5 nitrogen and oxygen atoms in total. The molecule has 2 rings (SSSR count). The maximum absolute atomic E-state index is 11.6. The van der Waals surface area contributed by atoms with Gasteiger partial charge in [-0.2, -0.15) is 0 Å². The molecule has 0 aliphatic heterocycles. The van der Waals surface area contributed by atoms with Crippen molar-refractivity contribution in [3.05, 3.63) is 45.4 Å². The summed E-state index contributed by atoms with van der Waals surface area (Å²) in [6.07, 6.45) is 0. The first-order chi connectivity index (χ1) is 10.1. The van der Waals surface area contributed by atoms with E-state index in [0.29, 0.717) is 6.54 Å². The summed E-state index contributed by atoms with van der Waals surface area (Å²) in [5.74, 6) is 0.823. The van der Waals surface area contributed by atoms with Gasteiger partial charge in [0.05, 0.1) is 0 Å². The first-order valence-electron chi connectivity index (χ1n) is 7.09. The van der Waals surface area contributed by atoms with Crippen LogP contribution >= 0.6 is 11.8 Å². The standard InChI is InChI=1S/C15H22N4OS/c1-5-19-14(20)17-18-15(19)21-9-13(16-4)12-7-6-10(2)11(3)8-12/h6-8,13,16H,5,9H2,1-4H3,(H,17,20). The molecule has 1 heterocycles. The second-order valence-corrected chi connectivity index (χ2v) is 6.04. The SMILES string of the molecule is CCn1c(SCC(NC)c2ccc(C)c(C)c2)n[nH]c1=O. The maximum Gasteiger partial charge on any atom is 0.343 e. The summed E-state index contributed by atoms with van der Waals surface area (Å²) >= 11 is 1.59. The van der Waals surface area contributed by atoms with Crippen LogP contribution in [0.4, 0.5) is 0 Å². The molecule has 1 unspecified atom stereocenters. The number of rotatable bonds is 6. The molecule has 114 valence electrons. The Morgan fingerprint density at radius 1 is 1.38 bits per heavy atom. The van der Waals surface area contributed by atoms with Crippen molar-refractivity contribution in [1.29, 1.82) is 0 Å². The second-order valence-electron chi connectivity index (χ2n) is 5.05. The van der Waals surface area contributed by atoms with Gasteiger partial charge in [-0.3, -0.25) is 4.57 Å². The summed E-state index contributed by atoms with van der Waals surface area (Å²) < 4.78 is 1.65. The van der Waals surface area contributed by atoms with Crippen molar-refractivity contribution in [2.45, 2.75) is 38.5 Å². The van der Waals surface area contributed by atoms with Crippen LogP contribution in [0.5, 0.6) is 0 Å². The summed E-state index contributed by atoms with van der Waals surface area (Å²) in [7, 11) is 1.96. The second kappa shape index (κ2) is 6.95. The average molecular weight is 306 g/mol. The van der Waals surface area contributed by atoms with Crippen molar-refractivity contribution in [3.63, 3.8) is 0 Å². The molecule has 0 saturated heterocycles. The summed E-state index contributed by atoms with van der Waals surface area (Å²) in [5, 5.41) is 10.7. The third kappa shape index (κ3) is 3.57. The number of H-pyrrole nitrogens is 1. The van der Waals surface area contributed by atoms with Gasteiger partial charge < -0.3 is 5.32 Å². The van der Waals surface area contributed by atoms with E-state index in [2.05, 4.69) is 47.6 Å². The molecule has 1 aromatic carbocycles. The van der Waals surface area contributed by atoms with Gasteiger partial charge in [-0.1, -0.05) is 30.0 Å². The van der Waals surface area contributed by atoms with Crippen LogP contribution in [0, 0.1) is 13.8 Å². The number of nitrogens with one attached hydrogen (secondary N) is 2. The Morgan fingerprint density at radius 3 is 2.76 bits per heavy atom. The largest absolute Gasteiger partial charge is 0.343 e. The third-order valence-corrected chi connectivity index (χ3v) is 4.77. The van der Waals surface area contributed by atoms with Crippen LogP contribution in [0.2, 0.25) is 0 Å². The molecular formula is C15H22N4OS. The number of aromatic amines is 1. The Morgan fingerprint density at radius 2 is 2.14 bits per heavy atom. The first kappa shape index (κ1) is 15.9. The number of nitrogens with zero attached hydrogens (tertiary/aromatic N) is 2. The molecule has 21 heavy (non-hydrogen) atoms. The normalized spacial score (nSPS) is 12.6. The zero-order valence-corrected chi connectivity index (χ0v) is 13.8. The zero-order chi connectivity index (χ0) is 15.4. The van der Waals surface area contributed by atoms with Crippen LogP contribution in [0.25, 0.3) is 0 Å². The highest BCUT2D eigenvalue weighted by molar-refractivity contribution is 7.99. The molecule has 0 aliphatic rings. The van der Waals surface area contributed by atoms with Crippen molar-refractivity contribution in [2.24, 2.45) is 0 Å². The van der Waals surface area contributed by atoms with Crippen molar-refractivity contribution in [3.8, 4) is 0 Å². The predicted octanol–water partition coefficient (Wildman–Crippen LogP) is 2.26. The van der Waals surface area contributed by atoms with Crippen LogP contribution in [-0.4, -0.2) is 27.6 Å². The van der Waals surface area contributed by atoms with Gasteiger partial charge in [0, 0.05) is 18.3 Å². The zero-order valence-electron chi connectivity index (χ0n) is 12.9. The van der Waals surface area contributed by atoms with Gasteiger partial charge in [0.15, 0.2) is 5.16 Å². The lowest BCUT2D eigenvalue weighted by Gasteiger charge is -2.17. The van der Waals surface area contributed by atoms with Gasteiger partial charge in [0.2, 0.25) is 0 Å². The lowest BCUT2D eigenvalue weighted by atomic mass is 10.0. The predicted molar refractivity (Wildman–Crippen MR) is 87.0 cm³/mol.